The van der Waals surface area contributed by atoms with Crippen LogP contribution in [0.25, 0.3) is 11.1 Å². The van der Waals surface area contributed by atoms with Crippen molar-refractivity contribution in [3.63, 3.8) is 0 Å². The lowest BCUT2D eigenvalue weighted by Gasteiger charge is -2.13. The van der Waals surface area contributed by atoms with Crippen molar-refractivity contribution in [2.45, 2.75) is 13.1 Å². The Bertz CT molecular complexity index is 494. The number of rotatable bonds is 3. The van der Waals surface area contributed by atoms with Crippen LogP contribution in [-0.2, 0) is 0 Å². The Morgan fingerprint density at radius 1 is 1.12 bits per heavy atom. The van der Waals surface area contributed by atoms with Crippen LogP contribution >= 0.6 is 0 Å². The highest BCUT2D eigenvalue weighted by molar-refractivity contribution is 5.68. The highest BCUT2D eigenvalue weighted by Crippen LogP contribution is 2.30. The van der Waals surface area contributed by atoms with E-state index < -0.39 is 6.17 Å². The normalized spacial score (nSPS) is 12.4. The lowest BCUT2D eigenvalue weighted by Crippen LogP contribution is -2.08. The molecule has 1 unspecified atom stereocenters. The smallest absolute Gasteiger partial charge is 0.138 e. The molecule has 0 amide bonds. The maximum Gasteiger partial charge on any atom is 0.138 e. The zero-order valence-electron chi connectivity index (χ0n) is 9.86. The van der Waals surface area contributed by atoms with Crippen molar-refractivity contribution < 1.29 is 4.39 Å². The van der Waals surface area contributed by atoms with Crippen LogP contribution < -0.4 is 5.73 Å². The highest BCUT2D eigenvalue weighted by atomic mass is 19.1. The van der Waals surface area contributed by atoms with Gasteiger partial charge in [0.15, 0.2) is 0 Å². The summed E-state index contributed by atoms with van der Waals surface area (Å²) in [5.41, 5.74) is 9.17. The van der Waals surface area contributed by atoms with Gasteiger partial charge in [0.1, 0.15) is 6.17 Å². The maximum atomic E-state index is 13.8. The van der Waals surface area contributed by atoms with E-state index in [1.807, 2.05) is 55.5 Å². The second-order valence-electron chi connectivity index (χ2n) is 4.16. The van der Waals surface area contributed by atoms with Gasteiger partial charge < -0.3 is 5.73 Å². The molecule has 0 aliphatic rings. The Hall–Kier alpha value is -1.67. The van der Waals surface area contributed by atoms with E-state index in [4.69, 9.17) is 5.73 Å². The van der Waals surface area contributed by atoms with E-state index in [1.165, 1.54) is 0 Å². The van der Waals surface area contributed by atoms with Gasteiger partial charge in [0.25, 0.3) is 0 Å². The van der Waals surface area contributed by atoms with Crippen LogP contribution in [0.5, 0.6) is 0 Å². The van der Waals surface area contributed by atoms with Crippen LogP contribution in [-0.4, -0.2) is 6.54 Å². The summed E-state index contributed by atoms with van der Waals surface area (Å²) in [6.07, 6.45) is -1.11. The molecule has 1 nitrogen and oxygen atoms in total. The summed E-state index contributed by atoms with van der Waals surface area (Å²) in [6.45, 7) is 2.02. The molecule has 2 N–H and O–H groups in total. The minimum atomic E-state index is -1.11. The van der Waals surface area contributed by atoms with Gasteiger partial charge in [-0.3, -0.25) is 0 Å². The topological polar surface area (TPSA) is 26.0 Å². The van der Waals surface area contributed by atoms with Crippen LogP contribution in [0.4, 0.5) is 4.39 Å². The summed E-state index contributed by atoms with van der Waals surface area (Å²) >= 11 is 0. The first-order chi connectivity index (χ1) is 8.22. The molecule has 0 spiro atoms. The van der Waals surface area contributed by atoms with E-state index in [9.17, 15) is 4.39 Å². The van der Waals surface area contributed by atoms with Crippen LogP contribution in [0.3, 0.4) is 0 Å². The average Bonchev–Trinajstić information content (AvgIpc) is 2.39. The van der Waals surface area contributed by atoms with E-state index in [1.54, 1.807) is 0 Å². The fourth-order valence-electron chi connectivity index (χ4n) is 1.94. The second-order valence-corrected chi connectivity index (χ2v) is 4.16. The Balaban J connectivity index is 2.55. The molecule has 2 aromatic rings. The number of benzene rings is 2. The summed E-state index contributed by atoms with van der Waals surface area (Å²) < 4.78 is 13.8. The van der Waals surface area contributed by atoms with Crippen molar-refractivity contribution in [3.05, 3.63) is 59.7 Å². The molecule has 17 heavy (non-hydrogen) atoms. The monoisotopic (exact) mass is 229 g/mol. The van der Waals surface area contributed by atoms with E-state index in [2.05, 4.69) is 0 Å². The SMILES string of the molecule is Cc1ccc(C(F)CN)c(-c2ccccc2)c1. The quantitative estimate of drug-likeness (QED) is 0.854. The minimum absolute atomic E-state index is 0.0168. The number of nitrogens with two attached hydrogens (primary N) is 1. The van der Waals surface area contributed by atoms with Crippen molar-refractivity contribution in [2.24, 2.45) is 5.73 Å². The summed E-state index contributed by atoms with van der Waals surface area (Å²) in [4.78, 5) is 0. The maximum absolute atomic E-state index is 13.8. The fraction of sp³-hybridized carbons (Fsp3) is 0.200. The van der Waals surface area contributed by atoms with Gasteiger partial charge in [-0.2, -0.15) is 0 Å². The van der Waals surface area contributed by atoms with Gasteiger partial charge in [0, 0.05) is 6.54 Å². The molecule has 1 atom stereocenters. The summed E-state index contributed by atoms with van der Waals surface area (Å²) in [7, 11) is 0. The lowest BCUT2D eigenvalue weighted by molar-refractivity contribution is 0.353. The predicted octanol–water partition coefficient (Wildman–Crippen LogP) is 3.63. The molecule has 0 saturated carbocycles. The molecule has 2 heteroatoms. The lowest BCUT2D eigenvalue weighted by atomic mass is 9.95. The largest absolute Gasteiger partial charge is 0.327 e. The van der Waals surface area contributed by atoms with Crippen LogP contribution in [0.2, 0.25) is 0 Å². The van der Waals surface area contributed by atoms with Gasteiger partial charge in [-0.15, -0.1) is 0 Å². The molecule has 0 bridgehead atoms. The van der Waals surface area contributed by atoms with Gasteiger partial charge in [0.05, 0.1) is 0 Å². The molecule has 0 heterocycles. The van der Waals surface area contributed by atoms with Crippen LogP contribution in [0.15, 0.2) is 48.5 Å². The predicted molar refractivity (Wildman–Crippen MR) is 69.5 cm³/mol. The zero-order chi connectivity index (χ0) is 12.3. The number of hydrogen-bond acceptors (Lipinski definition) is 1. The molecule has 88 valence electrons. The first kappa shape index (κ1) is 11.8. The molecule has 0 radical (unpaired) electrons. The fourth-order valence-corrected chi connectivity index (χ4v) is 1.94. The number of hydrogen-bond donors (Lipinski definition) is 1. The summed E-state index contributed by atoms with van der Waals surface area (Å²) in [6, 6.07) is 15.6. The van der Waals surface area contributed by atoms with Crippen LogP contribution in [0, 0.1) is 6.92 Å². The van der Waals surface area contributed by atoms with Crippen molar-refractivity contribution in [1.29, 1.82) is 0 Å². The first-order valence-electron chi connectivity index (χ1n) is 5.72. The van der Waals surface area contributed by atoms with Crippen molar-refractivity contribution in [1.82, 2.24) is 0 Å². The second kappa shape index (κ2) is 5.11. The molecule has 0 aliphatic heterocycles. The van der Waals surface area contributed by atoms with E-state index >= 15 is 0 Å². The molecule has 0 saturated heterocycles. The van der Waals surface area contributed by atoms with E-state index in [-0.39, 0.29) is 6.54 Å². The number of halogens is 1. The molecule has 0 fully saturated rings. The van der Waals surface area contributed by atoms with Crippen LogP contribution in [0.1, 0.15) is 17.3 Å². The first-order valence-corrected chi connectivity index (χ1v) is 5.72. The molecule has 2 rings (SSSR count). The van der Waals surface area contributed by atoms with Crippen molar-refractivity contribution >= 4 is 0 Å². The molecule has 0 aromatic heterocycles. The third-order valence-electron chi connectivity index (χ3n) is 2.84. The van der Waals surface area contributed by atoms with Gasteiger partial charge >= 0.3 is 0 Å². The Kier molecular flexibility index (Phi) is 3.55. The van der Waals surface area contributed by atoms with Gasteiger partial charge in [-0.05, 0) is 23.6 Å². The molecular formula is C15H16FN. The standard InChI is InChI=1S/C15H16FN/c1-11-7-8-13(15(16)10-17)14(9-11)12-5-3-2-4-6-12/h2-9,15H,10,17H2,1H3. The van der Waals surface area contributed by atoms with E-state index in [0.29, 0.717) is 5.56 Å². The van der Waals surface area contributed by atoms with Gasteiger partial charge in [-0.25, -0.2) is 4.39 Å². The minimum Gasteiger partial charge on any atom is -0.327 e. The zero-order valence-corrected chi connectivity index (χ0v) is 9.86. The Morgan fingerprint density at radius 3 is 2.47 bits per heavy atom. The highest BCUT2D eigenvalue weighted by Gasteiger charge is 2.13. The molecule has 2 aromatic carbocycles. The average molecular weight is 229 g/mol. The molecular weight excluding hydrogens is 213 g/mol. The van der Waals surface area contributed by atoms with Crippen molar-refractivity contribution in [2.75, 3.05) is 6.54 Å². The number of aryl methyl sites for hydroxylation is 1. The summed E-state index contributed by atoms with van der Waals surface area (Å²) in [5, 5.41) is 0. The summed E-state index contributed by atoms with van der Waals surface area (Å²) in [5.74, 6) is 0. The number of alkyl halides is 1. The third-order valence-corrected chi connectivity index (χ3v) is 2.84. The van der Waals surface area contributed by atoms with Crippen molar-refractivity contribution in [3.8, 4) is 11.1 Å². The van der Waals surface area contributed by atoms with Gasteiger partial charge in [-0.1, -0.05) is 54.1 Å². The Morgan fingerprint density at radius 2 is 1.82 bits per heavy atom. The Labute approximate surface area is 101 Å². The third kappa shape index (κ3) is 2.53. The molecule has 0 aliphatic carbocycles. The van der Waals surface area contributed by atoms with Gasteiger partial charge in [0.2, 0.25) is 0 Å². The van der Waals surface area contributed by atoms with E-state index in [0.717, 1.165) is 16.7 Å².